The van der Waals surface area contributed by atoms with Gasteiger partial charge in [0.05, 0.1) is 18.9 Å². The van der Waals surface area contributed by atoms with Crippen LogP contribution in [0.3, 0.4) is 0 Å². The van der Waals surface area contributed by atoms with E-state index < -0.39 is 0 Å². The van der Waals surface area contributed by atoms with Crippen molar-refractivity contribution < 1.29 is 9.13 Å². The molecule has 0 spiro atoms. The monoisotopic (exact) mass is 381 g/mol. The van der Waals surface area contributed by atoms with Gasteiger partial charge < -0.3 is 4.74 Å². The fourth-order valence-corrected chi connectivity index (χ4v) is 4.13. The summed E-state index contributed by atoms with van der Waals surface area (Å²) in [6.45, 7) is 5.64. The van der Waals surface area contributed by atoms with Gasteiger partial charge in [-0.15, -0.1) is 0 Å². The minimum atomic E-state index is -0.213. The van der Waals surface area contributed by atoms with E-state index in [9.17, 15) is 4.39 Å². The van der Waals surface area contributed by atoms with Crippen molar-refractivity contribution >= 4 is 5.69 Å². The van der Waals surface area contributed by atoms with Gasteiger partial charge in [-0.05, 0) is 43.0 Å². The second-order valence-electron chi connectivity index (χ2n) is 7.53. The molecule has 2 atom stereocenters. The first-order valence-corrected chi connectivity index (χ1v) is 10.1. The number of halogens is 1. The first kappa shape index (κ1) is 19.1. The molecule has 0 aliphatic carbocycles. The van der Waals surface area contributed by atoms with Crippen LogP contribution in [0.15, 0.2) is 66.4 Å². The van der Waals surface area contributed by atoms with Crippen LogP contribution in [-0.4, -0.2) is 37.2 Å². The average Bonchev–Trinajstić information content (AvgIpc) is 3.10. The van der Waals surface area contributed by atoms with Crippen LogP contribution in [0, 0.1) is 5.82 Å². The van der Waals surface area contributed by atoms with E-state index in [-0.39, 0.29) is 11.9 Å². The molecule has 2 aliphatic rings. The zero-order valence-electron chi connectivity index (χ0n) is 16.4. The number of nitrogens with one attached hydrogen (secondary N) is 1. The van der Waals surface area contributed by atoms with E-state index in [0.717, 1.165) is 39.1 Å². The van der Waals surface area contributed by atoms with Crippen LogP contribution in [0.1, 0.15) is 31.4 Å². The molecule has 1 fully saturated rings. The number of anilines is 1. The normalized spacial score (nSPS) is 21.6. The number of ether oxygens (including phenoxy) is 1. The van der Waals surface area contributed by atoms with Crippen LogP contribution in [0.25, 0.3) is 0 Å². The van der Waals surface area contributed by atoms with Crippen molar-refractivity contribution in [3.63, 3.8) is 0 Å². The molecule has 1 saturated heterocycles. The van der Waals surface area contributed by atoms with Crippen LogP contribution in [-0.2, 0) is 4.74 Å². The molecule has 0 radical (unpaired) electrons. The third-order valence-corrected chi connectivity index (χ3v) is 5.69. The molecule has 2 aliphatic heterocycles. The Morgan fingerprint density at radius 2 is 1.79 bits per heavy atom. The van der Waals surface area contributed by atoms with Gasteiger partial charge in [0.15, 0.2) is 0 Å². The van der Waals surface area contributed by atoms with Crippen LogP contribution in [0.5, 0.6) is 0 Å². The lowest BCUT2D eigenvalue weighted by atomic mass is 9.96. The summed E-state index contributed by atoms with van der Waals surface area (Å²) in [6, 6.07) is 18.2. The summed E-state index contributed by atoms with van der Waals surface area (Å²) < 4.78 is 19.7. The lowest BCUT2D eigenvalue weighted by molar-refractivity contribution is 0.0135. The molecule has 4 rings (SSSR count). The van der Waals surface area contributed by atoms with Crippen LogP contribution in [0.4, 0.5) is 10.1 Å². The van der Waals surface area contributed by atoms with Crippen molar-refractivity contribution in [3.8, 4) is 0 Å². The first-order chi connectivity index (χ1) is 13.7. The predicted octanol–water partition coefficient (Wildman–Crippen LogP) is 4.28. The Morgan fingerprint density at radius 1 is 1.07 bits per heavy atom. The Balaban J connectivity index is 1.44. The SMILES string of the molecule is CC1=CN(c2ccccc2F)NC1CCC(c1ccccc1)N1CCOCC1. The van der Waals surface area contributed by atoms with Crippen molar-refractivity contribution in [1.29, 1.82) is 0 Å². The van der Waals surface area contributed by atoms with E-state index in [1.807, 2.05) is 17.3 Å². The van der Waals surface area contributed by atoms with Gasteiger partial charge in [0.2, 0.25) is 0 Å². The average molecular weight is 381 g/mol. The summed E-state index contributed by atoms with van der Waals surface area (Å²) in [7, 11) is 0. The highest BCUT2D eigenvalue weighted by Crippen LogP contribution is 2.30. The molecule has 148 valence electrons. The van der Waals surface area contributed by atoms with Crippen molar-refractivity contribution in [3.05, 3.63) is 77.8 Å². The summed E-state index contributed by atoms with van der Waals surface area (Å²) in [6.07, 6.45) is 4.04. The Hall–Kier alpha value is -2.21. The van der Waals surface area contributed by atoms with Crippen LogP contribution < -0.4 is 10.4 Å². The van der Waals surface area contributed by atoms with Gasteiger partial charge in [-0.25, -0.2) is 9.82 Å². The molecule has 28 heavy (non-hydrogen) atoms. The molecular formula is C23H28FN3O. The smallest absolute Gasteiger partial charge is 0.148 e. The van der Waals surface area contributed by atoms with Crippen molar-refractivity contribution in [2.24, 2.45) is 0 Å². The number of rotatable bonds is 6. The summed E-state index contributed by atoms with van der Waals surface area (Å²) >= 11 is 0. The number of hydrogen-bond donors (Lipinski definition) is 1. The molecule has 0 aromatic heterocycles. The molecule has 4 nitrogen and oxygen atoms in total. The highest BCUT2D eigenvalue weighted by atomic mass is 19.1. The maximum absolute atomic E-state index is 14.1. The molecule has 2 heterocycles. The summed E-state index contributed by atoms with van der Waals surface area (Å²) in [5.41, 5.74) is 6.62. The molecule has 1 N–H and O–H groups in total. The molecule has 0 bridgehead atoms. The van der Waals surface area contributed by atoms with Gasteiger partial charge in [-0.3, -0.25) is 9.91 Å². The number of hydrazine groups is 1. The Morgan fingerprint density at radius 3 is 2.54 bits per heavy atom. The standard InChI is InChI=1S/C23H28FN3O/c1-18-17-27(23-10-6-5-9-20(23)24)25-21(18)11-12-22(19-7-3-2-4-8-19)26-13-15-28-16-14-26/h2-10,17,21-22,25H,11-16H2,1H3. The zero-order valence-corrected chi connectivity index (χ0v) is 16.4. The van der Waals surface area contributed by atoms with Crippen molar-refractivity contribution in [2.45, 2.75) is 31.8 Å². The van der Waals surface area contributed by atoms with Crippen molar-refractivity contribution in [1.82, 2.24) is 10.3 Å². The van der Waals surface area contributed by atoms with Gasteiger partial charge in [-0.2, -0.15) is 0 Å². The number of nitrogens with zero attached hydrogens (tertiary/aromatic N) is 2. The highest BCUT2D eigenvalue weighted by molar-refractivity contribution is 5.51. The Kier molecular flexibility index (Phi) is 6.05. The summed E-state index contributed by atoms with van der Waals surface area (Å²) in [4.78, 5) is 2.53. The topological polar surface area (TPSA) is 27.7 Å². The lowest BCUT2D eigenvalue weighted by Crippen LogP contribution is -2.40. The van der Waals surface area contributed by atoms with Gasteiger partial charge in [0.1, 0.15) is 5.82 Å². The Bertz CT molecular complexity index is 805. The minimum Gasteiger partial charge on any atom is -0.379 e. The first-order valence-electron chi connectivity index (χ1n) is 10.1. The maximum atomic E-state index is 14.1. The summed E-state index contributed by atoms with van der Waals surface area (Å²) in [5, 5.41) is 1.82. The van der Waals surface area contributed by atoms with Gasteiger partial charge in [0.25, 0.3) is 0 Å². The second-order valence-corrected chi connectivity index (χ2v) is 7.53. The fourth-order valence-electron chi connectivity index (χ4n) is 4.13. The van der Waals surface area contributed by atoms with E-state index in [4.69, 9.17) is 4.74 Å². The Labute approximate surface area is 166 Å². The van der Waals surface area contributed by atoms with Crippen molar-refractivity contribution in [2.75, 3.05) is 31.3 Å². The molecule has 2 unspecified atom stereocenters. The molecular weight excluding hydrogens is 353 g/mol. The van der Waals surface area contributed by atoms with Gasteiger partial charge >= 0.3 is 0 Å². The third-order valence-electron chi connectivity index (χ3n) is 5.69. The van der Waals surface area contributed by atoms with E-state index in [1.165, 1.54) is 17.2 Å². The molecule has 0 amide bonds. The van der Waals surface area contributed by atoms with Crippen LogP contribution in [0.2, 0.25) is 0 Å². The molecule has 0 saturated carbocycles. The van der Waals surface area contributed by atoms with Gasteiger partial charge in [0, 0.05) is 31.4 Å². The molecule has 2 aromatic carbocycles. The van der Waals surface area contributed by atoms with E-state index in [1.54, 1.807) is 12.1 Å². The van der Waals surface area contributed by atoms with Gasteiger partial charge in [-0.1, -0.05) is 42.5 Å². The second kappa shape index (κ2) is 8.86. The van der Waals surface area contributed by atoms with E-state index in [2.05, 4.69) is 47.6 Å². The van der Waals surface area contributed by atoms with E-state index in [0.29, 0.717) is 11.7 Å². The lowest BCUT2D eigenvalue weighted by Gasteiger charge is -2.35. The third kappa shape index (κ3) is 4.27. The predicted molar refractivity (Wildman–Crippen MR) is 110 cm³/mol. The summed E-state index contributed by atoms with van der Waals surface area (Å²) in [5.74, 6) is -0.213. The maximum Gasteiger partial charge on any atom is 0.148 e. The minimum absolute atomic E-state index is 0.213. The van der Waals surface area contributed by atoms with E-state index >= 15 is 0 Å². The quantitative estimate of drug-likeness (QED) is 0.808. The highest BCUT2D eigenvalue weighted by Gasteiger charge is 2.27. The fraction of sp³-hybridized carbons (Fsp3) is 0.391. The zero-order chi connectivity index (χ0) is 19.3. The number of hydrogen-bond acceptors (Lipinski definition) is 4. The number of para-hydroxylation sites is 1. The number of benzene rings is 2. The number of morpholine rings is 1. The van der Waals surface area contributed by atoms with Crippen LogP contribution >= 0.6 is 0 Å². The largest absolute Gasteiger partial charge is 0.379 e. The molecule has 2 aromatic rings. The molecule has 5 heteroatoms.